The molecule has 3 rings (SSSR count). The van der Waals surface area contributed by atoms with Crippen molar-refractivity contribution in [1.29, 1.82) is 0 Å². The highest BCUT2D eigenvalue weighted by Crippen LogP contribution is 2.30. The Balaban J connectivity index is 1.97. The summed E-state index contributed by atoms with van der Waals surface area (Å²) in [6, 6.07) is 14.0. The van der Waals surface area contributed by atoms with Crippen molar-refractivity contribution in [3.05, 3.63) is 53.9 Å². The van der Waals surface area contributed by atoms with Gasteiger partial charge in [-0.1, -0.05) is 12.1 Å². The zero-order valence-corrected chi connectivity index (χ0v) is 10.8. The van der Waals surface area contributed by atoms with Gasteiger partial charge in [-0.2, -0.15) is 0 Å². The lowest BCUT2D eigenvalue weighted by molar-refractivity contribution is 0.475. The van der Waals surface area contributed by atoms with Gasteiger partial charge in [0.1, 0.15) is 16.5 Å². The van der Waals surface area contributed by atoms with E-state index in [9.17, 15) is 10.2 Å². The van der Waals surface area contributed by atoms with Gasteiger partial charge in [-0.25, -0.2) is 4.98 Å². The Bertz CT molecular complexity index is 704. The molecular weight excluding hydrogens is 258 g/mol. The molecule has 0 aliphatic rings. The first-order valence-corrected chi connectivity index (χ1v) is 6.65. The average molecular weight is 269 g/mol. The largest absolute Gasteiger partial charge is 0.508 e. The molecule has 3 nitrogen and oxygen atoms in total. The molecule has 2 N–H and O–H groups in total. The third-order valence-corrected chi connectivity index (χ3v) is 3.65. The third kappa shape index (κ3) is 2.44. The van der Waals surface area contributed by atoms with E-state index < -0.39 is 0 Å². The van der Waals surface area contributed by atoms with Crippen LogP contribution in [0.4, 0.5) is 0 Å². The van der Waals surface area contributed by atoms with Crippen LogP contribution in [0.1, 0.15) is 0 Å². The molecule has 0 aliphatic carbocycles. The van der Waals surface area contributed by atoms with Gasteiger partial charge in [0.25, 0.3) is 0 Å². The van der Waals surface area contributed by atoms with Gasteiger partial charge in [-0.15, -0.1) is 11.3 Å². The third-order valence-electron chi connectivity index (χ3n) is 2.76. The van der Waals surface area contributed by atoms with Gasteiger partial charge in [0, 0.05) is 16.5 Å². The van der Waals surface area contributed by atoms with E-state index in [-0.39, 0.29) is 11.5 Å². The van der Waals surface area contributed by atoms with Gasteiger partial charge in [0.15, 0.2) is 0 Å². The summed E-state index contributed by atoms with van der Waals surface area (Å²) < 4.78 is 0. The number of hydrogen-bond acceptors (Lipinski definition) is 4. The summed E-state index contributed by atoms with van der Waals surface area (Å²) in [5.74, 6) is 0.478. The van der Waals surface area contributed by atoms with Crippen molar-refractivity contribution in [2.75, 3.05) is 0 Å². The summed E-state index contributed by atoms with van der Waals surface area (Å²) in [7, 11) is 0. The molecule has 4 heteroatoms. The van der Waals surface area contributed by atoms with Crippen molar-refractivity contribution in [3.63, 3.8) is 0 Å². The molecule has 0 atom stereocenters. The van der Waals surface area contributed by atoms with Crippen molar-refractivity contribution in [3.8, 4) is 33.3 Å². The highest BCUT2D eigenvalue weighted by Gasteiger charge is 2.07. The van der Waals surface area contributed by atoms with Crippen LogP contribution in [0.3, 0.4) is 0 Å². The van der Waals surface area contributed by atoms with Gasteiger partial charge in [0.2, 0.25) is 0 Å². The molecule has 94 valence electrons. The monoisotopic (exact) mass is 269 g/mol. The highest BCUT2D eigenvalue weighted by atomic mass is 32.1. The van der Waals surface area contributed by atoms with Crippen LogP contribution in [0.2, 0.25) is 0 Å². The van der Waals surface area contributed by atoms with E-state index in [1.54, 1.807) is 30.3 Å². The van der Waals surface area contributed by atoms with E-state index >= 15 is 0 Å². The van der Waals surface area contributed by atoms with Gasteiger partial charge in [-0.3, -0.25) is 0 Å². The summed E-state index contributed by atoms with van der Waals surface area (Å²) in [5, 5.41) is 21.6. The molecule has 1 aromatic heterocycles. The fourth-order valence-electron chi connectivity index (χ4n) is 1.81. The van der Waals surface area contributed by atoms with Gasteiger partial charge in [0.05, 0.1) is 5.69 Å². The molecule has 2 aromatic carbocycles. The Labute approximate surface area is 114 Å². The molecule has 0 spiro atoms. The molecule has 1 heterocycles. The SMILES string of the molecule is Oc1ccc(-c2csc(-c3cccc(O)c3)n2)cc1. The quantitative estimate of drug-likeness (QED) is 0.742. The van der Waals surface area contributed by atoms with Crippen molar-refractivity contribution < 1.29 is 10.2 Å². The number of aromatic hydroxyl groups is 2. The molecule has 0 unspecified atom stereocenters. The van der Waals surface area contributed by atoms with Crippen LogP contribution in [0.15, 0.2) is 53.9 Å². The second-order valence-electron chi connectivity index (χ2n) is 4.14. The van der Waals surface area contributed by atoms with Crippen LogP contribution in [-0.2, 0) is 0 Å². The first kappa shape index (κ1) is 11.7. The van der Waals surface area contributed by atoms with E-state index in [1.165, 1.54) is 11.3 Å². The Morgan fingerprint density at radius 3 is 2.37 bits per heavy atom. The molecule has 19 heavy (non-hydrogen) atoms. The lowest BCUT2D eigenvalue weighted by atomic mass is 10.1. The molecule has 0 aliphatic heterocycles. The normalized spacial score (nSPS) is 10.5. The van der Waals surface area contributed by atoms with Crippen molar-refractivity contribution in [1.82, 2.24) is 4.98 Å². The predicted molar refractivity (Wildman–Crippen MR) is 76.3 cm³/mol. The van der Waals surface area contributed by atoms with Crippen molar-refractivity contribution in [2.24, 2.45) is 0 Å². The number of benzene rings is 2. The maximum atomic E-state index is 9.48. The number of phenols is 2. The Kier molecular flexibility index (Phi) is 2.93. The van der Waals surface area contributed by atoms with Gasteiger partial charge in [-0.05, 0) is 36.4 Å². The Morgan fingerprint density at radius 1 is 0.842 bits per heavy atom. The number of phenolic OH excluding ortho intramolecular Hbond substituents is 2. The summed E-state index contributed by atoms with van der Waals surface area (Å²) in [6.45, 7) is 0. The first-order chi connectivity index (χ1) is 9.22. The minimum atomic E-state index is 0.235. The number of aromatic nitrogens is 1. The van der Waals surface area contributed by atoms with E-state index in [2.05, 4.69) is 4.98 Å². The minimum absolute atomic E-state index is 0.235. The summed E-state index contributed by atoms with van der Waals surface area (Å²) in [4.78, 5) is 4.55. The lowest BCUT2D eigenvalue weighted by Gasteiger charge is -1.98. The Morgan fingerprint density at radius 2 is 1.63 bits per heavy atom. The van der Waals surface area contributed by atoms with E-state index in [0.717, 1.165) is 21.8 Å². The van der Waals surface area contributed by atoms with Crippen molar-refractivity contribution >= 4 is 11.3 Å². The van der Waals surface area contributed by atoms with E-state index in [0.29, 0.717) is 0 Å². The second-order valence-corrected chi connectivity index (χ2v) is 4.99. The minimum Gasteiger partial charge on any atom is -0.508 e. The molecule has 0 saturated heterocycles. The maximum absolute atomic E-state index is 9.48. The van der Waals surface area contributed by atoms with Crippen molar-refractivity contribution in [2.45, 2.75) is 0 Å². The number of thiazole rings is 1. The van der Waals surface area contributed by atoms with Crippen LogP contribution in [-0.4, -0.2) is 15.2 Å². The summed E-state index contributed by atoms with van der Waals surface area (Å²) in [5.41, 5.74) is 2.72. The fraction of sp³-hybridized carbons (Fsp3) is 0. The predicted octanol–water partition coefficient (Wildman–Crippen LogP) is 3.89. The average Bonchev–Trinajstić information content (AvgIpc) is 2.89. The Hall–Kier alpha value is -2.33. The molecule has 0 fully saturated rings. The van der Waals surface area contributed by atoms with Crippen LogP contribution in [0.5, 0.6) is 11.5 Å². The smallest absolute Gasteiger partial charge is 0.124 e. The molecule has 0 radical (unpaired) electrons. The fourth-order valence-corrected chi connectivity index (χ4v) is 2.64. The first-order valence-electron chi connectivity index (χ1n) is 5.77. The molecule has 0 saturated carbocycles. The van der Waals surface area contributed by atoms with Crippen LogP contribution >= 0.6 is 11.3 Å². The van der Waals surface area contributed by atoms with E-state index in [1.807, 2.05) is 23.6 Å². The zero-order valence-electron chi connectivity index (χ0n) is 9.95. The van der Waals surface area contributed by atoms with E-state index in [4.69, 9.17) is 0 Å². The summed E-state index contributed by atoms with van der Waals surface area (Å²) in [6.07, 6.45) is 0. The topological polar surface area (TPSA) is 53.4 Å². The maximum Gasteiger partial charge on any atom is 0.124 e. The van der Waals surface area contributed by atoms with Gasteiger partial charge >= 0.3 is 0 Å². The summed E-state index contributed by atoms with van der Waals surface area (Å²) >= 11 is 1.53. The zero-order chi connectivity index (χ0) is 13.2. The second kappa shape index (κ2) is 4.74. The molecule has 3 aromatic rings. The van der Waals surface area contributed by atoms with Crippen LogP contribution in [0.25, 0.3) is 21.8 Å². The molecule has 0 bridgehead atoms. The highest BCUT2D eigenvalue weighted by molar-refractivity contribution is 7.13. The number of hydrogen-bond donors (Lipinski definition) is 2. The number of rotatable bonds is 2. The standard InChI is InChI=1S/C15H11NO2S/c17-12-6-4-10(5-7-12)14-9-19-15(16-14)11-2-1-3-13(18)8-11/h1-9,17-18H. The van der Waals surface area contributed by atoms with Gasteiger partial charge < -0.3 is 10.2 Å². The lowest BCUT2D eigenvalue weighted by Crippen LogP contribution is -1.79. The van der Waals surface area contributed by atoms with Crippen LogP contribution < -0.4 is 0 Å². The molecule has 0 amide bonds. The number of nitrogens with zero attached hydrogens (tertiary/aromatic N) is 1. The van der Waals surface area contributed by atoms with Crippen LogP contribution in [0, 0.1) is 0 Å². The molecular formula is C15H11NO2S.